The van der Waals surface area contributed by atoms with Gasteiger partial charge in [-0.25, -0.2) is 0 Å². The van der Waals surface area contributed by atoms with Crippen molar-refractivity contribution in [1.82, 2.24) is 0 Å². The molecule has 0 aromatic heterocycles. The minimum atomic E-state index is 0.0886. The molecule has 1 aromatic rings. The normalized spacial score (nSPS) is 10.0. The fourth-order valence-electron chi connectivity index (χ4n) is 1.34. The minimum Gasteiger partial charge on any atom is -0.486 e. The van der Waals surface area contributed by atoms with Crippen molar-refractivity contribution in [2.45, 2.75) is 33.1 Å². The third kappa shape index (κ3) is 5.29. The van der Waals surface area contributed by atoms with Crippen LogP contribution in [-0.2, 0) is 16.0 Å². The summed E-state index contributed by atoms with van der Waals surface area (Å²) in [4.78, 5) is 21.9. The van der Waals surface area contributed by atoms with Gasteiger partial charge >= 0.3 is 0 Å². The maximum Gasteiger partial charge on any atom is 0.169 e. The first-order valence-electron chi connectivity index (χ1n) is 5.84. The molecule has 92 valence electrons. The number of ether oxygens (including phenoxy) is 1. The van der Waals surface area contributed by atoms with E-state index in [1.54, 1.807) is 6.92 Å². The molecule has 0 fully saturated rings. The molecule has 0 heterocycles. The lowest BCUT2D eigenvalue weighted by Crippen LogP contribution is -2.09. The first kappa shape index (κ1) is 13.4. The zero-order valence-corrected chi connectivity index (χ0v) is 10.4. The van der Waals surface area contributed by atoms with Crippen LogP contribution >= 0.6 is 0 Å². The lowest BCUT2D eigenvalue weighted by Gasteiger charge is -2.05. The number of carbonyl (C=O) groups excluding carboxylic acids is 2. The molecule has 0 saturated heterocycles. The van der Waals surface area contributed by atoms with E-state index in [2.05, 4.69) is 0 Å². The predicted molar refractivity (Wildman–Crippen MR) is 66.2 cm³/mol. The van der Waals surface area contributed by atoms with Gasteiger partial charge in [0.05, 0.1) is 0 Å². The van der Waals surface area contributed by atoms with Gasteiger partial charge in [-0.05, 0) is 31.0 Å². The molecular weight excluding hydrogens is 216 g/mol. The average Bonchev–Trinajstić information content (AvgIpc) is 2.34. The Morgan fingerprint density at radius 1 is 1.18 bits per heavy atom. The molecular formula is C14H18O3. The first-order valence-corrected chi connectivity index (χ1v) is 5.84. The van der Waals surface area contributed by atoms with E-state index in [9.17, 15) is 9.59 Å². The summed E-state index contributed by atoms with van der Waals surface area (Å²) in [5.74, 6) is 0.975. The summed E-state index contributed by atoms with van der Waals surface area (Å²) in [6, 6.07) is 7.51. The summed E-state index contributed by atoms with van der Waals surface area (Å²) in [6.45, 7) is 3.54. The van der Waals surface area contributed by atoms with E-state index in [4.69, 9.17) is 4.74 Å². The van der Waals surface area contributed by atoms with E-state index in [1.165, 1.54) is 0 Å². The van der Waals surface area contributed by atoms with Crippen LogP contribution in [0.1, 0.15) is 32.3 Å². The molecule has 1 rings (SSSR count). The summed E-state index contributed by atoms with van der Waals surface area (Å²) in [7, 11) is 0. The molecule has 0 aliphatic rings. The maximum atomic E-state index is 11.1. The van der Waals surface area contributed by atoms with E-state index in [1.807, 2.05) is 31.2 Å². The number of aryl methyl sites for hydroxylation is 1. The second kappa shape index (κ2) is 6.84. The Hall–Kier alpha value is -1.64. The van der Waals surface area contributed by atoms with Gasteiger partial charge in [0.2, 0.25) is 0 Å². The average molecular weight is 234 g/mol. The number of carbonyl (C=O) groups is 2. The molecule has 0 spiro atoms. The van der Waals surface area contributed by atoms with Gasteiger partial charge in [0.15, 0.2) is 5.78 Å². The molecule has 17 heavy (non-hydrogen) atoms. The first-order chi connectivity index (χ1) is 8.11. The number of Topliss-reactive ketones (excluding diaryl/α,β-unsaturated/α-hetero) is 2. The van der Waals surface area contributed by atoms with Crippen molar-refractivity contribution in [2.75, 3.05) is 6.61 Å². The second-order valence-electron chi connectivity index (χ2n) is 4.03. The Balaban J connectivity index is 2.44. The number of ketones is 2. The SMILES string of the molecule is CCC(=O)COc1ccc(CCC(C)=O)cc1. The van der Waals surface area contributed by atoms with Gasteiger partial charge in [-0.3, -0.25) is 4.79 Å². The Labute approximate surface area is 102 Å². The van der Waals surface area contributed by atoms with Gasteiger partial charge < -0.3 is 9.53 Å². The van der Waals surface area contributed by atoms with Crippen molar-refractivity contribution in [2.24, 2.45) is 0 Å². The monoisotopic (exact) mass is 234 g/mol. The van der Waals surface area contributed by atoms with Gasteiger partial charge in [-0.1, -0.05) is 19.1 Å². The van der Waals surface area contributed by atoms with Crippen LogP contribution in [-0.4, -0.2) is 18.2 Å². The van der Waals surface area contributed by atoms with Gasteiger partial charge in [-0.15, -0.1) is 0 Å². The maximum absolute atomic E-state index is 11.1. The van der Waals surface area contributed by atoms with Crippen molar-refractivity contribution in [3.8, 4) is 5.75 Å². The highest BCUT2D eigenvalue weighted by atomic mass is 16.5. The van der Waals surface area contributed by atoms with Gasteiger partial charge in [0, 0.05) is 12.8 Å². The van der Waals surface area contributed by atoms with Crippen LogP contribution < -0.4 is 4.74 Å². The highest BCUT2D eigenvalue weighted by molar-refractivity contribution is 5.79. The molecule has 0 radical (unpaired) electrons. The van der Waals surface area contributed by atoms with Crippen molar-refractivity contribution >= 4 is 11.6 Å². The predicted octanol–water partition coefficient (Wildman–Crippen LogP) is 2.57. The molecule has 0 aliphatic heterocycles. The Kier molecular flexibility index (Phi) is 5.40. The van der Waals surface area contributed by atoms with E-state index < -0.39 is 0 Å². The number of hydrogen-bond donors (Lipinski definition) is 0. The smallest absolute Gasteiger partial charge is 0.169 e. The Morgan fingerprint density at radius 3 is 2.35 bits per heavy atom. The van der Waals surface area contributed by atoms with Gasteiger partial charge in [-0.2, -0.15) is 0 Å². The van der Waals surface area contributed by atoms with Gasteiger partial charge in [0.25, 0.3) is 0 Å². The van der Waals surface area contributed by atoms with Crippen molar-refractivity contribution < 1.29 is 14.3 Å². The highest BCUT2D eigenvalue weighted by Crippen LogP contribution is 2.13. The molecule has 0 atom stereocenters. The molecule has 0 saturated carbocycles. The van der Waals surface area contributed by atoms with Gasteiger partial charge in [0.1, 0.15) is 18.1 Å². The van der Waals surface area contributed by atoms with Crippen LogP contribution in [0.2, 0.25) is 0 Å². The number of rotatable bonds is 7. The van der Waals surface area contributed by atoms with E-state index in [0.29, 0.717) is 18.6 Å². The zero-order chi connectivity index (χ0) is 12.7. The zero-order valence-electron chi connectivity index (χ0n) is 10.4. The quantitative estimate of drug-likeness (QED) is 0.728. The highest BCUT2D eigenvalue weighted by Gasteiger charge is 2.01. The fraction of sp³-hybridized carbons (Fsp3) is 0.429. The second-order valence-corrected chi connectivity index (χ2v) is 4.03. The van der Waals surface area contributed by atoms with Crippen molar-refractivity contribution in [1.29, 1.82) is 0 Å². The standard InChI is InChI=1S/C14H18O3/c1-3-13(16)10-17-14-8-6-12(7-9-14)5-4-11(2)15/h6-9H,3-5,10H2,1-2H3. The lowest BCUT2D eigenvalue weighted by atomic mass is 10.1. The molecule has 3 heteroatoms. The number of benzene rings is 1. The van der Waals surface area contributed by atoms with Crippen LogP contribution in [0.15, 0.2) is 24.3 Å². The Morgan fingerprint density at radius 2 is 1.82 bits per heavy atom. The van der Waals surface area contributed by atoms with Crippen LogP contribution in [0, 0.1) is 0 Å². The van der Waals surface area contributed by atoms with E-state index >= 15 is 0 Å². The third-order valence-corrected chi connectivity index (χ3v) is 2.48. The van der Waals surface area contributed by atoms with Crippen LogP contribution in [0.25, 0.3) is 0 Å². The van der Waals surface area contributed by atoms with Crippen molar-refractivity contribution in [3.63, 3.8) is 0 Å². The number of hydrogen-bond acceptors (Lipinski definition) is 3. The summed E-state index contributed by atoms with van der Waals surface area (Å²) in [6.07, 6.45) is 1.81. The summed E-state index contributed by atoms with van der Waals surface area (Å²) < 4.78 is 5.32. The lowest BCUT2D eigenvalue weighted by molar-refractivity contribution is -0.120. The molecule has 0 unspecified atom stereocenters. The molecule has 0 amide bonds. The molecule has 0 N–H and O–H groups in total. The fourth-order valence-corrected chi connectivity index (χ4v) is 1.34. The van der Waals surface area contributed by atoms with Crippen LogP contribution in [0.4, 0.5) is 0 Å². The Bertz CT molecular complexity index is 379. The molecule has 3 nitrogen and oxygen atoms in total. The summed E-state index contributed by atoms with van der Waals surface area (Å²) in [5.41, 5.74) is 1.11. The molecule has 1 aromatic carbocycles. The third-order valence-electron chi connectivity index (χ3n) is 2.48. The van der Waals surface area contributed by atoms with Crippen LogP contribution in [0.3, 0.4) is 0 Å². The summed E-state index contributed by atoms with van der Waals surface area (Å²) >= 11 is 0. The largest absolute Gasteiger partial charge is 0.486 e. The summed E-state index contributed by atoms with van der Waals surface area (Å²) in [5, 5.41) is 0. The van der Waals surface area contributed by atoms with Crippen LogP contribution in [0.5, 0.6) is 5.75 Å². The van der Waals surface area contributed by atoms with E-state index in [0.717, 1.165) is 12.0 Å². The topological polar surface area (TPSA) is 43.4 Å². The van der Waals surface area contributed by atoms with Crippen molar-refractivity contribution in [3.05, 3.63) is 29.8 Å². The molecule has 0 bridgehead atoms. The van der Waals surface area contributed by atoms with E-state index in [-0.39, 0.29) is 18.2 Å². The molecule has 0 aliphatic carbocycles. The minimum absolute atomic E-state index is 0.0886.